The highest BCUT2D eigenvalue weighted by molar-refractivity contribution is 6.16. The molecule has 2 aromatic heterocycles. The summed E-state index contributed by atoms with van der Waals surface area (Å²) in [7, 11) is 0. The van der Waals surface area contributed by atoms with Crippen LogP contribution in [-0.2, 0) is 6.42 Å². The van der Waals surface area contributed by atoms with Crippen molar-refractivity contribution < 1.29 is 13.9 Å². The molecule has 2 heterocycles. The lowest BCUT2D eigenvalue weighted by Gasteiger charge is -2.08. The van der Waals surface area contributed by atoms with Crippen LogP contribution < -0.4 is 0 Å². The van der Waals surface area contributed by atoms with Crippen LogP contribution >= 0.6 is 0 Å². The highest BCUT2D eigenvalue weighted by Crippen LogP contribution is 2.45. The lowest BCUT2D eigenvalue weighted by molar-refractivity contribution is 0.477. The van der Waals surface area contributed by atoms with Crippen LogP contribution in [0.5, 0.6) is 5.75 Å². The van der Waals surface area contributed by atoms with E-state index in [-0.39, 0.29) is 5.75 Å². The van der Waals surface area contributed by atoms with Gasteiger partial charge in [0.1, 0.15) is 28.3 Å². The Bertz CT molecular complexity index is 1370. The van der Waals surface area contributed by atoms with Crippen molar-refractivity contribution in [2.24, 2.45) is 0 Å². The van der Waals surface area contributed by atoms with Crippen LogP contribution in [0.25, 0.3) is 50.1 Å². The molecule has 0 spiro atoms. The normalized spacial score (nSPS) is 11.5. The third kappa shape index (κ3) is 2.98. The summed E-state index contributed by atoms with van der Waals surface area (Å²) >= 11 is 0. The molecule has 5 aromatic rings. The number of para-hydroxylation sites is 2. The quantitative estimate of drug-likeness (QED) is 0.332. The van der Waals surface area contributed by atoms with Gasteiger partial charge in [-0.1, -0.05) is 63.2 Å². The van der Waals surface area contributed by atoms with Gasteiger partial charge in [0, 0.05) is 32.8 Å². The molecule has 3 aromatic carbocycles. The molecule has 30 heavy (non-hydrogen) atoms. The predicted octanol–water partition coefficient (Wildman–Crippen LogP) is 8.33. The Labute approximate surface area is 176 Å². The molecule has 0 radical (unpaired) electrons. The van der Waals surface area contributed by atoms with Gasteiger partial charge in [0.25, 0.3) is 0 Å². The Hall–Kier alpha value is -3.46. The summed E-state index contributed by atoms with van der Waals surface area (Å²) in [6, 6.07) is 17.5. The fourth-order valence-corrected chi connectivity index (χ4v) is 4.11. The van der Waals surface area contributed by atoms with E-state index in [0.29, 0.717) is 0 Å². The van der Waals surface area contributed by atoms with E-state index in [1.807, 2.05) is 75.4 Å². The first kappa shape index (κ1) is 19.8. The van der Waals surface area contributed by atoms with Gasteiger partial charge in [0.2, 0.25) is 0 Å². The predicted molar refractivity (Wildman–Crippen MR) is 126 cm³/mol. The average Bonchev–Trinajstić information content (AvgIpc) is 3.33. The lowest BCUT2D eigenvalue weighted by atomic mass is 9.96. The largest absolute Gasteiger partial charge is 0.507 e. The van der Waals surface area contributed by atoms with E-state index in [9.17, 15) is 5.11 Å². The summed E-state index contributed by atoms with van der Waals surface area (Å²) in [6.45, 7) is 8.11. The van der Waals surface area contributed by atoms with E-state index in [1.54, 1.807) is 6.07 Å². The molecule has 3 nitrogen and oxygen atoms in total. The van der Waals surface area contributed by atoms with E-state index in [1.165, 1.54) is 5.56 Å². The Balaban J connectivity index is 0.00000106. The van der Waals surface area contributed by atoms with Crippen LogP contribution in [0.4, 0.5) is 0 Å². The van der Waals surface area contributed by atoms with E-state index in [4.69, 9.17) is 8.83 Å². The molecule has 3 heteroatoms. The van der Waals surface area contributed by atoms with Crippen LogP contribution in [0, 0.1) is 0 Å². The second-order valence-electron chi connectivity index (χ2n) is 6.91. The van der Waals surface area contributed by atoms with Gasteiger partial charge < -0.3 is 13.9 Å². The summed E-state index contributed by atoms with van der Waals surface area (Å²) < 4.78 is 12.3. The molecule has 0 fully saturated rings. The summed E-state index contributed by atoms with van der Waals surface area (Å²) in [5, 5.41) is 13.8. The van der Waals surface area contributed by atoms with Gasteiger partial charge in [-0.15, -0.1) is 0 Å². The second-order valence-corrected chi connectivity index (χ2v) is 6.91. The number of aryl methyl sites for hydroxylation is 1. The Morgan fingerprint density at radius 1 is 0.867 bits per heavy atom. The fraction of sp³-hybridized carbons (Fsp3) is 0.185. The highest BCUT2D eigenvalue weighted by Gasteiger charge is 2.21. The SMILES string of the molecule is C/C=C\c1oc2c(-c3c(O)ccc4oc5ccccc5c34)cccc2c1CC.CC. The zero-order valence-corrected chi connectivity index (χ0v) is 17.8. The maximum atomic E-state index is 10.8. The minimum atomic E-state index is 0.216. The Morgan fingerprint density at radius 3 is 2.40 bits per heavy atom. The zero-order chi connectivity index (χ0) is 21.3. The molecule has 0 amide bonds. The number of phenols is 1. The highest BCUT2D eigenvalue weighted by atomic mass is 16.3. The Morgan fingerprint density at radius 2 is 1.63 bits per heavy atom. The lowest BCUT2D eigenvalue weighted by Crippen LogP contribution is -1.84. The van der Waals surface area contributed by atoms with Gasteiger partial charge in [0.15, 0.2) is 0 Å². The first-order valence-corrected chi connectivity index (χ1v) is 10.5. The van der Waals surface area contributed by atoms with Crippen LogP contribution in [0.15, 0.2) is 69.5 Å². The van der Waals surface area contributed by atoms with Gasteiger partial charge in [-0.3, -0.25) is 0 Å². The summed E-state index contributed by atoms with van der Waals surface area (Å²) in [5.74, 6) is 1.09. The maximum Gasteiger partial charge on any atom is 0.143 e. The molecule has 0 saturated carbocycles. The van der Waals surface area contributed by atoms with E-state index < -0.39 is 0 Å². The number of furan rings is 2. The maximum absolute atomic E-state index is 10.8. The van der Waals surface area contributed by atoms with E-state index in [2.05, 4.69) is 13.0 Å². The van der Waals surface area contributed by atoms with Crippen molar-refractivity contribution in [3.63, 3.8) is 0 Å². The monoisotopic (exact) mass is 398 g/mol. The minimum absolute atomic E-state index is 0.216. The van der Waals surface area contributed by atoms with E-state index in [0.717, 1.165) is 56.2 Å². The van der Waals surface area contributed by atoms with Crippen LogP contribution in [0.2, 0.25) is 0 Å². The summed E-state index contributed by atoms with van der Waals surface area (Å²) in [5.41, 5.74) is 5.15. The fourth-order valence-electron chi connectivity index (χ4n) is 4.11. The molecule has 152 valence electrons. The molecular weight excluding hydrogens is 372 g/mol. The Kier molecular flexibility index (Phi) is 5.37. The number of hydrogen-bond acceptors (Lipinski definition) is 3. The smallest absolute Gasteiger partial charge is 0.143 e. The molecule has 0 aliphatic carbocycles. The van der Waals surface area contributed by atoms with Crippen molar-refractivity contribution in [2.45, 2.75) is 34.1 Å². The second kappa shape index (κ2) is 8.11. The number of phenolic OH excluding ortho intramolecular Hbond substituents is 1. The van der Waals surface area contributed by atoms with Gasteiger partial charge in [0.05, 0.1) is 0 Å². The third-order valence-corrected chi connectivity index (χ3v) is 5.31. The molecule has 0 bridgehead atoms. The summed E-state index contributed by atoms with van der Waals surface area (Å²) in [6.07, 6.45) is 4.86. The zero-order valence-electron chi connectivity index (χ0n) is 17.8. The van der Waals surface area contributed by atoms with Crippen LogP contribution in [0.3, 0.4) is 0 Å². The molecule has 0 aliphatic heterocycles. The first-order valence-electron chi connectivity index (χ1n) is 10.5. The van der Waals surface area contributed by atoms with Crippen molar-refractivity contribution in [2.75, 3.05) is 0 Å². The van der Waals surface area contributed by atoms with E-state index >= 15 is 0 Å². The molecule has 0 saturated heterocycles. The molecule has 5 rings (SSSR count). The summed E-state index contributed by atoms with van der Waals surface area (Å²) in [4.78, 5) is 0. The van der Waals surface area contributed by atoms with Crippen molar-refractivity contribution in [1.82, 2.24) is 0 Å². The number of hydrogen-bond donors (Lipinski definition) is 1. The molecule has 0 aliphatic rings. The molecule has 1 N–H and O–H groups in total. The van der Waals surface area contributed by atoms with Gasteiger partial charge >= 0.3 is 0 Å². The van der Waals surface area contributed by atoms with Crippen LogP contribution in [-0.4, -0.2) is 5.11 Å². The standard InChI is InChI=1S/C25H20O3.C2H6/c1-3-8-20-15(4-2)16-10-7-11-18(25(16)28-20)23-19(26)13-14-22-24(23)17-9-5-6-12-21(17)27-22;1-2/h3,5-14,26H,4H2,1-2H3;1-2H3/b8-3-;. The van der Waals surface area contributed by atoms with Crippen molar-refractivity contribution in [3.8, 4) is 16.9 Å². The third-order valence-electron chi connectivity index (χ3n) is 5.31. The minimum Gasteiger partial charge on any atom is -0.507 e. The van der Waals surface area contributed by atoms with Crippen molar-refractivity contribution in [1.29, 1.82) is 0 Å². The van der Waals surface area contributed by atoms with Crippen molar-refractivity contribution >= 4 is 39.0 Å². The van der Waals surface area contributed by atoms with Gasteiger partial charge in [-0.05, 0) is 37.6 Å². The molecule has 0 unspecified atom stereocenters. The van der Waals surface area contributed by atoms with Crippen LogP contribution in [0.1, 0.15) is 39.0 Å². The molecule has 0 atom stereocenters. The molecular formula is C27H26O3. The number of benzene rings is 3. The first-order chi connectivity index (χ1) is 14.7. The topological polar surface area (TPSA) is 46.5 Å². The average molecular weight is 399 g/mol. The van der Waals surface area contributed by atoms with Crippen molar-refractivity contribution in [3.05, 3.63) is 72.0 Å². The van der Waals surface area contributed by atoms with Gasteiger partial charge in [-0.25, -0.2) is 0 Å². The van der Waals surface area contributed by atoms with Gasteiger partial charge in [-0.2, -0.15) is 0 Å². The number of aromatic hydroxyl groups is 1. The number of allylic oxidation sites excluding steroid dienone is 1. The number of fused-ring (bicyclic) bond motifs is 4. The number of rotatable bonds is 3.